The lowest BCUT2D eigenvalue weighted by Crippen LogP contribution is -2.46. The molecule has 0 saturated carbocycles. The lowest BCUT2D eigenvalue weighted by atomic mass is 9.99. The van der Waals surface area contributed by atoms with Gasteiger partial charge < -0.3 is 20.6 Å². The molecule has 0 aromatic rings. The molecule has 1 atom stereocenters. The molecule has 0 aromatic carbocycles. The number of halogens is 3. The lowest BCUT2D eigenvalue weighted by Gasteiger charge is -2.31. The number of hydrogen-bond donors (Lipinski definition) is 3. The highest BCUT2D eigenvalue weighted by Crippen LogP contribution is 2.15. The van der Waals surface area contributed by atoms with Crippen molar-refractivity contribution >= 4 is 6.03 Å². The maximum atomic E-state index is 11.9. The summed E-state index contributed by atoms with van der Waals surface area (Å²) in [6.07, 6.45) is -3.06. The van der Waals surface area contributed by atoms with Crippen molar-refractivity contribution in [2.24, 2.45) is 5.92 Å². The van der Waals surface area contributed by atoms with Crippen molar-refractivity contribution in [2.45, 2.75) is 32.0 Å². The van der Waals surface area contributed by atoms with Gasteiger partial charge in [0.15, 0.2) is 0 Å². The Morgan fingerprint density at radius 1 is 1.35 bits per heavy atom. The number of alkyl halides is 3. The van der Waals surface area contributed by atoms with E-state index in [9.17, 15) is 23.1 Å². The Labute approximate surface area is 116 Å². The first-order valence-electron chi connectivity index (χ1n) is 6.75. The molecule has 118 valence electrons. The van der Waals surface area contributed by atoms with Crippen molar-refractivity contribution in [3.05, 3.63) is 0 Å². The smallest absolute Gasteiger partial charge is 0.390 e. The molecule has 5 nitrogen and oxygen atoms in total. The quantitative estimate of drug-likeness (QED) is 0.707. The number of aliphatic hydroxyl groups excluding tert-OH is 1. The molecule has 1 saturated heterocycles. The minimum Gasteiger partial charge on any atom is -0.390 e. The van der Waals surface area contributed by atoms with Gasteiger partial charge in [-0.2, -0.15) is 13.2 Å². The highest BCUT2D eigenvalue weighted by atomic mass is 19.4. The van der Waals surface area contributed by atoms with Gasteiger partial charge >= 0.3 is 12.2 Å². The van der Waals surface area contributed by atoms with E-state index in [1.54, 1.807) is 5.32 Å². The van der Waals surface area contributed by atoms with Crippen molar-refractivity contribution in [3.63, 3.8) is 0 Å². The first kappa shape index (κ1) is 17.0. The van der Waals surface area contributed by atoms with E-state index in [1.807, 2.05) is 0 Å². The number of rotatable bonds is 5. The molecular weight excluding hydrogens is 275 g/mol. The van der Waals surface area contributed by atoms with Crippen LogP contribution in [0, 0.1) is 5.92 Å². The second kappa shape index (κ2) is 7.68. The van der Waals surface area contributed by atoms with E-state index in [2.05, 4.69) is 17.1 Å². The monoisotopic (exact) mass is 297 g/mol. The summed E-state index contributed by atoms with van der Waals surface area (Å²) >= 11 is 0. The van der Waals surface area contributed by atoms with Gasteiger partial charge in [0.05, 0.1) is 6.10 Å². The first-order chi connectivity index (χ1) is 9.26. The van der Waals surface area contributed by atoms with Crippen LogP contribution in [0.1, 0.15) is 19.8 Å². The third-order valence-electron chi connectivity index (χ3n) is 3.29. The van der Waals surface area contributed by atoms with Crippen LogP contribution >= 0.6 is 0 Å². The molecule has 3 N–H and O–H groups in total. The molecule has 0 radical (unpaired) electrons. The summed E-state index contributed by atoms with van der Waals surface area (Å²) in [6, 6.07) is -0.923. The average molecular weight is 297 g/mol. The molecule has 1 rings (SSSR count). The number of β-amino-alcohol motifs (C(OH)–C–C–N with tert-alkyl or cyclic N) is 1. The molecule has 0 aromatic heterocycles. The Hall–Kier alpha value is -1.02. The zero-order valence-electron chi connectivity index (χ0n) is 11.5. The van der Waals surface area contributed by atoms with Crippen LogP contribution in [0.25, 0.3) is 0 Å². The van der Waals surface area contributed by atoms with E-state index >= 15 is 0 Å². The lowest BCUT2D eigenvalue weighted by molar-refractivity contribution is -0.122. The summed E-state index contributed by atoms with van der Waals surface area (Å²) in [5, 5.41) is 13.7. The van der Waals surface area contributed by atoms with Crippen LogP contribution in [0.3, 0.4) is 0 Å². The van der Waals surface area contributed by atoms with E-state index in [4.69, 9.17) is 0 Å². The molecule has 2 amide bonds. The average Bonchev–Trinajstić information content (AvgIpc) is 2.36. The van der Waals surface area contributed by atoms with Crippen LogP contribution in [0.15, 0.2) is 0 Å². The molecule has 1 aliphatic rings. The predicted octanol–water partition coefficient (Wildman–Crippen LogP) is 0.941. The summed E-state index contributed by atoms with van der Waals surface area (Å²) in [7, 11) is 0. The van der Waals surface area contributed by atoms with Crippen molar-refractivity contribution < 1.29 is 23.1 Å². The Morgan fingerprint density at radius 3 is 2.50 bits per heavy atom. The fourth-order valence-corrected chi connectivity index (χ4v) is 2.06. The normalized spacial score (nSPS) is 19.6. The van der Waals surface area contributed by atoms with Crippen molar-refractivity contribution in [3.8, 4) is 0 Å². The first-order valence-corrected chi connectivity index (χ1v) is 6.75. The standard InChI is InChI=1S/C12H22F3N3O2/c1-9-2-4-18(5-3-9)7-10(19)6-16-11(20)17-8-12(13,14)15/h9-10,19H,2-8H2,1H3,(H2,16,17,20). The molecule has 0 aliphatic carbocycles. The molecule has 1 aliphatic heterocycles. The molecule has 0 bridgehead atoms. The Bertz CT molecular complexity index is 305. The van der Waals surface area contributed by atoms with Crippen molar-refractivity contribution in [2.75, 3.05) is 32.7 Å². The van der Waals surface area contributed by atoms with Crippen LogP contribution in [-0.4, -0.2) is 61.0 Å². The molecule has 1 heterocycles. The van der Waals surface area contributed by atoms with Crippen LogP contribution in [0.5, 0.6) is 0 Å². The molecule has 1 fully saturated rings. The maximum Gasteiger partial charge on any atom is 0.405 e. The number of nitrogens with zero attached hydrogens (tertiary/aromatic N) is 1. The minimum atomic E-state index is -4.43. The number of carbonyl (C=O) groups excluding carboxylic acids is 1. The van der Waals surface area contributed by atoms with E-state index < -0.39 is 24.9 Å². The van der Waals surface area contributed by atoms with E-state index in [0.29, 0.717) is 12.5 Å². The molecule has 0 spiro atoms. The van der Waals surface area contributed by atoms with Crippen LogP contribution < -0.4 is 10.6 Å². The number of aliphatic hydroxyl groups is 1. The highest BCUT2D eigenvalue weighted by molar-refractivity contribution is 5.73. The van der Waals surface area contributed by atoms with E-state index in [-0.39, 0.29) is 6.54 Å². The maximum absolute atomic E-state index is 11.9. The van der Waals surface area contributed by atoms with Gasteiger partial charge in [0.2, 0.25) is 0 Å². The Morgan fingerprint density at radius 2 is 1.95 bits per heavy atom. The van der Waals surface area contributed by atoms with Gasteiger partial charge in [-0.3, -0.25) is 0 Å². The fraction of sp³-hybridized carbons (Fsp3) is 0.917. The number of amides is 2. The topological polar surface area (TPSA) is 64.6 Å². The summed E-state index contributed by atoms with van der Waals surface area (Å²) < 4.78 is 35.6. The Kier molecular flexibility index (Phi) is 6.54. The minimum absolute atomic E-state index is 0.0598. The number of likely N-dealkylation sites (tertiary alicyclic amines) is 1. The van der Waals surface area contributed by atoms with Crippen LogP contribution in [0.4, 0.5) is 18.0 Å². The molecular formula is C12H22F3N3O2. The van der Waals surface area contributed by atoms with E-state index in [1.165, 1.54) is 0 Å². The number of carbonyl (C=O) groups is 1. The zero-order valence-corrected chi connectivity index (χ0v) is 11.5. The number of piperidine rings is 1. The number of hydrogen-bond acceptors (Lipinski definition) is 3. The summed E-state index contributed by atoms with van der Waals surface area (Å²) in [5.74, 6) is 0.690. The summed E-state index contributed by atoms with van der Waals surface area (Å²) in [4.78, 5) is 13.2. The van der Waals surface area contributed by atoms with Gasteiger partial charge in [-0.25, -0.2) is 4.79 Å². The fourth-order valence-electron chi connectivity index (χ4n) is 2.06. The second-order valence-corrected chi connectivity index (χ2v) is 5.32. The van der Waals surface area contributed by atoms with Crippen LogP contribution in [-0.2, 0) is 0 Å². The SMILES string of the molecule is CC1CCN(CC(O)CNC(=O)NCC(F)(F)F)CC1. The Balaban J connectivity index is 2.13. The third-order valence-corrected chi connectivity index (χ3v) is 3.29. The highest BCUT2D eigenvalue weighted by Gasteiger charge is 2.27. The van der Waals surface area contributed by atoms with Gasteiger partial charge in [-0.05, 0) is 31.8 Å². The predicted molar refractivity (Wildman–Crippen MR) is 68.3 cm³/mol. The number of urea groups is 1. The molecule has 20 heavy (non-hydrogen) atoms. The van der Waals surface area contributed by atoms with Gasteiger partial charge in [0, 0.05) is 13.1 Å². The second-order valence-electron chi connectivity index (χ2n) is 5.32. The number of nitrogens with one attached hydrogen (secondary N) is 2. The largest absolute Gasteiger partial charge is 0.405 e. The third kappa shape index (κ3) is 7.54. The zero-order chi connectivity index (χ0) is 15.2. The summed E-state index contributed by atoms with van der Waals surface area (Å²) in [5.41, 5.74) is 0. The van der Waals surface area contributed by atoms with Crippen molar-refractivity contribution in [1.29, 1.82) is 0 Å². The van der Waals surface area contributed by atoms with Gasteiger partial charge in [0.25, 0.3) is 0 Å². The van der Waals surface area contributed by atoms with Gasteiger partial charge in [-0.15, -0.1) is 0 Å². The summed E-state index contributed by atoms with van der Waals surface area (Å²) in [6.45, 7) is 2.97. The van der Waals surface area contributed by atoms with Gasteiger partial charge in [-0.1, -0.05) is 6.92 Å². The van der Waals surface area contributed by atoms with Gasteiger partial charge in [0.1, 0.15) is 6.54 Å². The van der Waals surface area contributed by atoms with Crippen molar-refractivity contribution in [1.82, 2.24) is 15.5 Å². The molecule has 8 heteroatoms. The molecule has 1 unspecified atom stereocenters. The van der Waals surface area contributed by atoms with E-state index in [0.717, 1.165) is 25.9 Å². The van der Waals surface area contributed by atoms with Crippen LogP contribution in [0.2, 0.25) is 0 Å².